The van der Waals surface area contributed by atoms with Crippen LogP contribution >= 0.6 is 0 Å². The molecule has 0 unspecified atom stereocenters. The zero-order valence-electron chi connectivity index (χ0n) is 22.5. The number of imidazole rings is 1. The molecule has 9 heteroatoms. The topological polar surface area (TPSA) is 88.4 Å². The minimum absolute atomic E-state index is 0.135. The first-order valence-corrected chi connectivity index (χ1v) is 14.0. The molecule has 2 aliphatic heterocycles. The molecule has 9 nitrogen and oxygen atoms in total. The summed E-state index contributed by atoms with van der Waals surface area (Å²) >= 11 is 0. The van der Waals surface area contributed by atoms with Crippen molar-refractivity contribution in [3.8, 4) is 11.3 Å². The van der Waals surface area contributed by atoms with Gasteiger partial charge in [0.25, 0.3) is 0 Å². The van der Waals surface area contributed by atoms with E-state index in [1.54, 1.807) is 0 Å². The summed E-state index contributed by atoms with van der Waals surface area (Å²) in [6, 6.07) is 15.9. The fourth-order valence-electron chi connectivity index (χ4n) is 5.29. The highest BCUT2D eigenvalue weighted by atomic mass is 16.5. The fraction of sp³-hybridized carbons (Fsp3) is 0.400. The Hall–Kier alpha value is -3.82. The van der Waals surface area contributed by atoms with E-state index in [1.807, 2.05) is 43.6 Å². The molecule has 2 aromatic heterocycles. The van der Waals surface area contributed by atoms with Crippen molar-refractivity contribution in [3.63, 3.8) is 0 Å². The van der Waals surface area contributed by atoms with Gasteiger partial charge in [-0.3, -0.25) is 4.79 Å². The van der Waals surface area contributed by atoms with Gasteiger partial charge < -0.3 is 24.4 Å². The molecular formula is C30H35N7O2. The lowest BCUT2D eigenvalue weighted by Crippen LogP contribution is -2.37. The Balaban J connectivity index is 1.31. The van der Waals surface area contributed by atoms with Gasteiger partial charge in [0.2, 0.25) is 5.95 Å². The smallest absolute Gasteiger partial charge is 0.228 e. The zero-order valence-corrected chi connectivity index (χ0v) is 22.5. The second kappa shape index (κ2) is 11.5. The van der Waals surface area contributed by atoms with Crippen LogP contribution in [0.4, 0.5) is 17.5 Å². The number of likely N-dealkylation sites (tertiary alicyclic amines) is 1. The maximum atomic E-state index is 12.0. The number of aromatic nitrogens is 4. The largest absolute Gasteiger partial charge is 0.378 e. The van der Waals surface area contributed by atoms with E-state index in [9.17, 15) is 4.79 Å². The van der Waals surface area contributed by atoms with Crippen LogP contribution in [0, 0.1) is 0 Å². The van der Waals surface area contributed by atoms with E-state index in [2.05, 4.69) is 42.9 Å². The minimum Gasteiger partial charge on any atom is -0.378 e. The molecule has 202 valence electrons. The number of fused-ring (bicyclic) bond motifs is 1. The highest BCUT2D eigenvalue weighted by molar-refractivity contribution is 5.96. The van der Waals surface area contributed by atoms with Gasteiger partial charge >= 0.3 is 0 Å². The summed E-state index contributed by atoms with van der Waals surface area (Å²) in [5, 5.41) is 3.43. The van der Waals surface area contributed by atoms with Crippen LogP contribution in [0.2, 0.25) is 0 Å². The van der Waals surface area contributed by atoms with Crippen molar-refractivity contribution < 1.29 is 9.53 Å². The second-order valence-corrected chi connectivity index (χ2v) is 10.2. The number of carbonyl (C=O) groups excluding carboxylic acids is 1. The average Bonchev–Trinajstić information content (AvgIpc) is 3.66. The molecule has 0 saturated carbocycles. The van der Waals surface area contributed by atoms with Gasteiger partial charge in [0.05, 0.1) is 36.3 Å². The molecule has 4 aromatic rings. The normalized spacial score (nSPS) is 16.2. The van der Waals surface area contributed by atoms with Crippen molar-refractivity contribution >= 4 is 34.3 Å². The van der Waals surface area contributed by atoms with Crippen molar-refractivity contribution in [1.29, 1.82) is 0 Å². The van der Waals surface area contributed by atoms with Crippen LogP contribution in [-0.2, 0) is 11.3 Å². The van der Waals surface area contributed by atoms with E-state index in [4.69, 9.17) is 14.7 Å². The van der Waals surface area contributed by atoms with E-state index in [1.165, 1.54) is 25.9 Å². The van der Waals surface area contributed by atoms with Gasteiger partial charge in [0.1, 0.15) is 5.82 Å². The van der Waals surface area contributed by atoms with Gasteiger partial charge in [0.15, 0.2) is 5.78 Å². The molecule has 0 bridgehead atoms. The number of nitrogens with zero attached hydrogens (tertiary/aromatic N) is 6. The summed E-state index contributed by atoms with van der Waals surface area (Å²) in [6.45, 7) is 9.04. The van der Waals surface area contributed by atoms with E-state index in [0.717, 1.165) is 59.7 Å². The monoisotopic (exact) mass is 525 g/mol. The summed E-state index contributed by atoms with van der Waals surface area (Å²) in [5.74, 6) is 1.52. The minimum atomic E-state index is 0.135. The van der Waals surface area contributed by atoms with Crippen LogP contribution in [0.1, 0.15) is 36.5 Å². The fourth-order valence-corrected chi connectivity index (χ4v) is 5.29. The summed E-state index contributed by atoms with van der Waals surface area (Å²) in [6.07, 6.45) is 5.03. The first-order valence-electron chi connectivity index (χ1n) is 14.0. The summed E-state index contributed by atoms with van der Waals surface area (Å²) < 4.78 is 7.81. The molecule has 0 amide bonds. The number of morpholine rings is 1. The van der Waals surface area contributed by atoms with Crippen LogP contribution in [0.15, 0.2) is 54.9 Å². The Bertz CT molecular complexity index is 1440. The second-order valence-electron chi connectivity index (χ2n) is 10.2. The maximum absolute atomic E-state index is 12.0. The van der Waals surface area contributed by atoms with Crippen LogP contribution in [-0.4, -0.2) is 76.1 Å². The third kappa shape index (κ3) is 5.79. The van der Waals surface area contributed by atoms with Crippen LogP contribution in [0.3, 0.4) is 0 Å². The van der Waals surface area contributed by atoms with Gasteiger partial charge in [0, 0.05) is 55.5 Å². The summed E-state index contributed by atoms with van der Waals surface area (Å²) in [7, 11) is 0. The number of benzene rings is 2. The number of anilines is 3. The molecule has 0 radical (unpaired) electrons. The Kier molecular flexibility index (Phi) is 7.51. The zero-order chi connectivity index (χ0) is 26.6. The molecule has 2 aromatic carbocycles. The molecule has 0 spiro atoms. The van der Waals surface area contributed by atoms with Crippen molar-refractivity contribution in [2.75, 3.05) is 56.2 Å². The molecular weight excluding hydrogens is 490 g/mol. The Labute approximate surface area is 228 Å². The first-order chi connectivity index (χ1) is 19.2. The number of carbonyl (C=O) groups is 1. The van der Waals surface area contributed by atoms with Crippen LogP contribution in [0.5, 0.6) is 0 Å². The van der Waals surface area contributed by atoms with Crippen molar-refractivity contribution in [2.45, 2.75) is 32.7 Å². The highest BCUT2D eigenvalue weighted by Crippen LogP contribution is 2.28. The van der Waals surface area contributed by atoms with E-state index in [0.29, 0.717) is 31.4 Å². The molecule has 0 atom stereocenters. The number of hydrogen-bond donors (Lipinski definition) is 1. The quantitative estimate of drug-likeness (QED) is 0.313. The standard InChI is InChI=1S/C30H35N7O2/c1-2-28(38)22-5-8-24(9-6-22)32-29-20-26(33-30(34-29)36-15-17-39-18-16-36)23-7-10-25-27(19-23)37(21-31-25)14-13-35-11-3-4-12-35/h5-10,19-21H,2-4,11-18H2,1H3,(H,32,33,34). The molecule has 4 heterocycles. The van der Waals surface area contributed by atoms with Crippen molar-refractivity contribution in [2.24, 2.45) is 0 Å². The summed E-state index contributed by atoms with van der Waals surface area (Å²) in [4.78, 5) is 31.2. The molecule has 6 rings (SSSR count). The number of nitrogens with one attached hydrogen (secondary N) is 1. The van der Waals surface area contributed by atoms with Crippen molar-refractivity contribution in [3.05, 3.63) is 60.4 Å². The Morgan fingerprint density at radius 2 is 1.74 bits per heavy atom. The van der Waals surface area contributed by atoms with Gasteiger partial charge in [-0.05, 0) is 62.3 Å². The highest BCUT2D eigenvalue weighted by Gasteiger charge is 2.18. The number of hydrogen-bond acceptors (Lipinski definition) is 8. The van der Waals surface area contributed by atoms with E-state index < -0.39 is 0 Å². The first kappa shape index (κ1) is 25.5. The van der Waals surface area contributed by atoms with Gasteiger partial charge in [-0.25, -0.2) is 9.97 Å². The number of ether oxygens (including phenoxy) is 1. The lowest BCUT2D eigenvalue weighted by molar-refractivity contribution is 0.0988. The third-order valence-corrected chi connectivity index (χ3v) is 7.58. The summed E-state index contributed by atoms with van der Waals surface area (Å²) in [5.41, 5.74) is 5.56. The SMILES string of the molecule is CCC(=O)c1ccc(Nc2cc(-c3ccc4ncn(CCN5CCCC5)c4c3)nc(N3CCOCC3)n2)cc1. The lowest BCUT2D eigenvalue weighted by Gasteiger charge is -2.27. The number of ketones is 1. The van der Waals surface area contributed by atoms with Crippen LogP contribution in [0.25, 0.3) is 22.3 Å². The van der Waals surface area contributed by atoms with E-state index in [-0.39, 0.29) is 5.78 Å². The molecule has 1 N–H and O–H groups in total. The molecule has 0 aliphatic carbocycles. The third-order valence-electron chi connectivity index (χ3n) is 7.58. The predicted octanol–water partition coefficient (Wildman–Crippen LogP) is 4.76. The molecule has 2 aliphatic rings. The van der Waals surface area contributed by atoms with Gasteiger partial charge in [-0.2, -0.15) is 4.98 Å². The number of rotatable bonds is 9. The van der Waals surface area contributed by atoms with Crippen molar-refractivity contribution in [1.82, 2.24) is 24.4 Å². The van der Waals surface area contributed by atoms with E-state index >= 15 is 0 Å². The van der Waals surface area contributed by atoms with Gasteiger partial charge in [-0.1, -0.05) is 13.0 Å². The Morgan fingerprint density at radius 1 is 0.949 bits per heavy atom. The lowest BCUT2D eigenvalue weighted by atomic mass is 10.1. The molecule has 2 fully saturated rings. The maximum Gasteiger partial charge on any atom is 0.228 e. The Morgan fingerprint density at radius 3 is 2.51 bits per heavy atom. The average molecular weight is 526 g/mol. The predicted molar refractivity (Wildman–Crippen MR) is 154 cm³/mol. The molecule has 39 heavy (non-hydrogen) atoms. The molecule has 2 saturated heterocycles. The number of Topliss-reactive ketones (excluding diaryl/α,β-unsaturated/α-hetero) is 1. The van der Waals surface area contributed by atoms with Gasteiger partial charge in [-0.15, -0.1) is 0 Å². The van der Waals surface area contributed by atoms with Crippen LogP contribution < -0.4 is 10.2 Å².